The molecule has 1 unspecified atom stereocenters. The highest BCUT2D eigenvalue weighted by molar-refractivity contribution is 5.97. The van der Waals surface area contributed by atoms with Crippen LogP contribution < -0.4 is 5.73 Å². The lowest BCUT2D eigenvalue weighted by molar-refractivity contribution is -0.121. The molecule has 18 heavy (non-hydrogen) atoms. The van der Waals surface area contributed by atoms with E-state index in [-0.39, 0.29) is 5.91 Å². The van der Waals surface area contributed by atoms with Gasteiger partial charge in [-0.3, -0.25) is 14.6 Å². The number of aromatic nitrogens is 1. The predicted octanol–water partition coefficient (Wildman–Crippen LogP) is 0.734. The molecule has 1 saturated heterocycles. The Morgan fingerprint density at radius 2 is 2.33 bits per heavy atom. The normalized spacial score (nSPS) is 18.9. The molecular weight excluding hydrogens is 230 g/mol. The summed E-state index contributed by atoms with van der Waals surface area (Å²) >= 11 is 0. The maximum atomic E-state index is 12.4. The van der Waals surface area contributed by atoms with Crippen LogP contribution in [0, 0.1) is 0 Å². The minimum Gasteiger partial charge on any atom is -0.368 e. The fourth-order valence-corrected chi connectivity index (χ4v) is 2.36. The Hall–Kier alpha value is -1.91. The fourth-order valence-electron chi connectivity index (χ4n) is 2.36. The molecule has 0 aliphatic carbocycles. The molecule has 2 rings (SSSR count). The van der Waals surface area contributed by atoms with Crippen LogP contribution in [0.5, 0.6) is 0 Å². The topological polar surface area (TPSA) is 76.3 Å². The molecule has 1 aromatic rings. The number of carbonyl (C=O) groups is 2. The molecule has 1 aromatic heterocycles. The molecule has 2 N–H and O–H groups in total. The van der Waals surface area contributed by atoms with E-state index in [9.17, 15) is 9.59 Å². The zero-order chi connectivity index (χ0) is 13.1. The van der Waals surface area contributed by atoms with Gasteiger partial charge < -0.3 is 10.6 Å². The van der Waals surface area contributed by atoms with Gasteiger partial charge in [-0.15, -0.1) is 0 Å². The van der Waals surface area contributed by atoms with Crippen molar-refractivity contribution in [2.45, 2.75) is 32.2 Å². The number of hydrogen-bond donors (Lipinski definition) is 1. The third-order valence-corrected chi connectivity index (χ3v) is 3.32. The number of nitrogens with two attached hydrogens (primary N) is 1. The van der Waals surface area contributed by atoms with Crippen LogP contribution in [-0.2, 0) is 11.2 Å². The van der Waals surface area contributed by atoms with Gasteiger partial charge in [-0.05, 0) is 30.9 Å². The van der Waals surface area contributed by atoms with Gasteiger partial charge in [0.15, 0.2) is 0 Å². The summed E-state index contributed by atoms with van der Waals surface area (Å²) < 4.78 is 0. The first kappa shape index (κ1) is 12.5. The summed E-state index contributed by atoms with van der Waals surface area (Å²) in [4.78, 5) is 29.4. The van der Waals surface area contributed by atoms with Crippen molar-refractivity contribution in [3.8, 4) is 0 Å². The molecule has 5 nitrogen and oxygen atoms in total. The zero-order valence-electron chi connectivity index (χ0n) is 10.4. The van der Waals surface area contributed by atoms with E-state index in [1.807, 2.05) is 19.1 Å². The Labute approximate surface area is 106 Å². The van der Waals surface area contributed by atoms with E-state index in [1.165, 1.54) is 0 Å². The molecule has 2 amide bonds. The molecule has 0 radical (unpaired) electrons. The van der Waals surface area contributed by atoms with E-state index in [2.05, 4.69) is 4.98 Å². The predicted molar refractivity (Wildman–Crippen MR) is 66.9 cm³/mol. The van der Waals surface area contributed by atoms with Crippen molar-refractivity contribution in [1.82, 2.24) is 9.88 Å². The maximum Gasteiger partial charge on any atom is 0.273 e. The van der Waals surface area contributed by atoms with Crippen LogP contribution in [0.3, 0.4) is 0 Å². The van der Waals surface area contributed by atoms with Crippen LogP contribution in [0.1, 0.15) is 35.8 Å². The second-order valence-corrected chi connectivity index (χ2v) is 4.42. The second kappa shape index (κ2) is 5.16. The Kier molecular flexibility index (Phi) is 3.60. The molecule has 96 valence electrons. The number of carbonyl (C=O) groups excluding carboxylic acids is 2. The van der Waals surface area contributed by atoms with Gasteiger partial charge >= 0.3 is 0 Å². The van der Waals surface area contributed by atoms with Crippen LogP contribution in [0.4, 0.5) is 0 Å². The van der Waals surface area contributed by atoms with E-state index in [0.717, 1.165) is 18.4 Å². The number of aryl methyl sites for hydroxylation is 1. The van der Waals surface area contributed by atoms with Crippen LogP contribution in [0.25, 0.3) is 0 Å². The Morgan fingerprint density at radius 1 is 1.56 bits per heavy atom. The summed E-state index contributed by atoms with van der Waals surface area (Å²) in [6.45, 7) is 2.55. The molecule has 2 heterocycles. The molecule has 1 fully saturated rings. The standard InChI is InChI=1S/C13H17N3O2/c1-2-9-5-3-7-15-11(9)13(18)16-8-4-6-10(16)12(14)17/h3,5,7,10H,2,4,6,8H2,1H3,(H2,14,17). The third kappa shape index (κ3) is 2.20. The van der Waals surface area contributed by atoms with Gasteiger partial charge in [-0.2, -0.15) is 0 Å². The molecule has 5 heteroatoms. The van der Waals surface area contributed by atoms with E-state index < -0.39 is 11.9 Å². The number of primary amides is 1. The van der Waals surface area contributed by atoms with E-state index in [0.29, 0.717) is 18.7 Å². The van der Waals surface area contributed by atoms with Crippen LogP contribution >= 0.6 is 0 Å². The van der Waals surface area contributed by atoms with Crippen molar-refractivity contribution < 1.29 is 9.59 Å². The SMILES string of the molecule is CCc1cccnc1C(=O)N1CCCC1C(N)=O. The summed E-state index contributed by atoms with van der Waals surface area (Å²) in [5, 5.41) is 0. The van der Waals surface area contributed by atoms with Gasteiger partial charge in [0.05, 0.1) is 0 Å². The Morgan fingerprint density at radius 3 is 3.00 bits per heavy atom. The highest BCUT2D eigenvalue weighted by atomic mass is 16.2. The first-order valence-electron chi connectivity index (χ1n) is 6.19. The number of pyridine rings is 1. The smallest absolute Gasteiger partial charge is 0.273 e. The third-order valence-electron chi connectivity index (χ3n) is 3.32. The van der Waals surface area contributed by atoms with Gasteiger partial charge in [0.25, 0.3) is 5.91 Å². The fraction of sp³-hybridized carbons (Fsp3) is 0.462. The summed E-state index contributed by atoms with van der Waals surface area (Å²) in [5.74, 6) is -0.622. The van der Waals surface area contributed by atoms with Crippen molar-refractivity contribution in [2.24, 2.45) is 5.73 Å². The van der Waals surface area contributed by atoms with Crippen molar-refractivity contribution >= 4 is 11.8 Å². The lowest BCUT2D eigenvalue weighted by atomic mass is 10.1. The first-order valence-corrected chi connectivity index (χ1v) is 6.19. The first-order chi connectivity index (χ1) is 8.65. The highest BCUT2D eigenvalue weighted by Gasteiger charge is 2.34. The molecule has 0 aromatic carbocycles. The number of likely N-dealkylation sites (tertiary alicyclic amines) is 1. The minimum atomic E-state index is -0.482. The van der Waals surface area contributed by atoms with Gasteiger partial charge in [0.2, 0.25) is 5.91 Å². The maximum absolute atomic E-state index is 12.4. The number of rotatable bonds is 3. The molecule has 1 aliphatic rings. The quantitative estimate of drug-likeness (QED) is 0.855. The monoisotopic (exact) mass is 247 g/mol. The minimum absolute atomic E-state index is 0.186. The van der Waals surface area contributed by atoms with Crippen molar-refractivity contribution in [1.29, 1.82) is 0 Å². The lowest BCUT2D eigenvalue weighted by Gasteiger charge is -2.22. The zero-order valence-corrected chi connectivity index (χ0v) is 10.4. The molecule has 0 saturated carbocycles. The highest BCUT2D eigenvalue weighted by Crippen LogP contribution is 2.20. The number of amides is 2. The second-order valence-electron chi connectivity index (χ2n) is 4.42. The van der Waals surface area contributed by atoms with E-state index in [1.54, 1.807) is 11.1 Å². The average molecular weight is 247 g/mol. The molecule has 0 spiro atoms. The van der Waals surface area contributed by atoms with Crippen LogP contribution in [0.15, 0.2) is 18.3 Å². The Balaban J connectivity index is 2.28. The van der Waals surface area contributed by atoms with E-state index >= 15 is 0 Å². The number of nitrogens with zero attached hydrogens (tertiary/aromatic N) is 2. The van der Waals surface area contributed by atoms with E-state index in [4.69, 9.17) is 5.73 Å². The van der Waals surface area contributed by atoms with Gasteiger partial charge in [0, 0.05) is 12.7 Å². The number of hydrogen-bond acceptors (Lipinski definition) is 3. The summed E-state index contributed by atoms with van der Waals surface area (Å²) in [7, 11) is 0. The van der Waals surface area contributed by atoms with Crippen molar-refractivity contribution in [2.75, 3.05) is 6.54 Å². The van der Waals surface area contributed by atoms with Gasteiger partial charge in [-0.1, -0.05) is 13.0 Å². The van der Waals surface area contributed by atoms with Crippen LogP contribution in [0.2, 0.25) is 0 Å². The molecule has 1 aliphatic heterocycles. The summed E-state index contributed by atoms with van der Waals surface area (Å²) in [6.07, 6.45) is 3.80. The molecule has 0 bridgehead atoms. The molecule has 1 atom stereocenters. The van der Waals surface area contributed by atoms with Gasteiger partial charge in [-0.25, -0.2) is 0 Å². The van der Waals surface area contributed by atoms with Gasteiger partial charge in [0.1, 0.15) is 11.7 Å². The summed E-state index contributed by atoms with van der Waals surface area (Å²) in [5.41, 5.74) is 6.66. The Bertz CT molecular complexity index is 473. The lowest BCUT2D eigenvalue weighted by Crippen LogP contribution is -2.44. The summed E-state index contributed by atoms with van der Waals surface area (Å²) in [6, 6.07) is 3.21. The largest absolute Gasteiger partial charge is 0.368 e. The van der Waals surface area contributed by atoms with Crippen molar-refractivity contribution in [3.63, 3.8) is 0 Å². The average Bonchev–Trinajstić information content (AvgIpc) is 2.87. The molecular formula is C13H17N3O2. The van der Waals surface area contributed by atoms with Crippen molar-refractivity contribution in [3.05, 3.63) is 29.6 Å². The van der Waals surface area contributed by atoms with Crippen LogP contribution in [-0.4, -0.2) is 34.3 Å².